The van der Waals surface area contributed by atoms with Crippen molar-refractivity contribution in [2.24, 2.45) is 0 Å². The second-order valence-corrected chi connectivity index (χ2v) is 4.63. The molecule has 0 bridgehead atoms. The van der Waals surface area contributed by atoms with Gasteiger partial charge in [-0.2, -0.15) is 4.31 Å². The second kappa shape index (κ2) is 2.51. The molecular weight excluding hydrogens is 150 g/mol. The number of hydrogen-bond acceptors (Lipinski definition) is 2. The standard InChI is InChI=1S/C6H13NO2S/c1-3-7(6-4-5-6)10(2,8)9/h6H,3-5H2,1-2H3. The van der Waals surface area contributed by atoms with Crippen LogP contribution in [-0.4, -0.2) is 31.6 Å². The van der Waals surface area contributed by atoms with E-state index in [9.17, 15) is 8.42 Å². The summed E-state index contributed by atoms with van der Waals surface area (Å²) < 4.78 is 23.5. The molecule has 0 aromatic heterocycles. The van der Waals surface area contributed by atoms with Crippen LogP contribution in [0.2, 0.25) is 0 Å². The molecule has 1 saturated carbocycles. The molecule has 0 spiro atoms. The van der Waals surface area contributed by atoms with Crippen LogP contribution in [0.5, 0.6) is 0 Å². The number of sulfonamides is 1. The van der Waals surface area contributed by atoms with Gasteiger partial charge < -0.3 is 0 Å². The zero-order valence-corrected chi connectivity index (χ0v) is 7.19. The van der Waals surface area contributed by atoms with Crippen molar-refractivity contribution in [1.82, 2.24) is 4.31 Å². The van der Waals surface area contributed by atoms with E-state index in [0.29, 0.717) is 12.6 Å². The van der Waals surface area contributed by atoms with Crippen LogP contribution >= 0.6 is 0 Å². The summed E-state index contributed by atoms with van der Waals surface area (Å²) in [4.78, 5) is 0. The van der Waals surface area contributed by atoms with Crippen molar-refractivity contribution in [3.8, 4) is 0 Å². The molecule has 4 heteroatoms. The van der Waals surface area contributed by atoms with E-state index < -0.39 is 10.0 Å². The van der Waals surface area contributed by atoms with Crippen LogP contribution in [0, 0.1) is 0 Å². The monoisotopic (exact) mass is 163 g/mol. The highest BCUT2D eigenvalue weighted by Gasteiger charge is 2.33. The third-order valence-electron chi connectivity index (χ3n) is 1.69. The molecule has 60 valence electrons. The van der Waals surface area contributed by atoms with E-state index in [4.69, 9.17) is 0 Å². The van der Waals surface area contributed by atoms with Gasteiger partial charge in [0.2, 0.25) is 10.0 Å². The molecule has 0 radical (unpaired) electrons. The van der Waals surface area contributed by atoms with Gasteiger partial charge in [0.05, 0.1) is 6.26 Å². The molecule has 0 amide bonds. The molecule has 0 heterocycles. The Bertz CT molecular complexity index is 206. The highest BCUT2D eigenvalue weighted by Crippen LogP contribution is 2.28. The summed E-state index contributed by atoms with van der Waals surface area (Å²) in [6.45, 7) is 2.49. The maximum atomic E-state index is 11.0. The normalized spacial score (nSPS) is 19.9. The Hall–Kier alpha value is -0.0900. The topological polar surface area (TPSA) is 37.4 Å². The quantitative estimate of drug-likeness (QED) is 0.605. The molecule has 0 N–H and O–H groups in total. The minimum atomic E-state index is -2.92. The number of hydrogen-bond donors (Lipinski definition) is 0. The molecule has 1 fully saturated rings. The highest BCUT2D eigenvalue weighted by atomic mass is 32.2. The molecular formula is C6H13NO2S. The average Bonchev–Trinajstić information content (AvgIpc) is 2.46. The highest BCUT2D eigenvalue weighted by molar-refractivity contribution is 7.88. The Labute approximate surface area is 62.1 Å². The van der Waals surface area contributed by atoms with E-state index >= 15 is 0 Å². The van der Waals surface area contributed by atoms with Gasteiger partial charge in [-0.05, 0) is 12.8 Å². The zero-order valence-electron chi connectivity index (χ0n) is 6.37. The van der Waals surface area contributed by atoms with Crippen molar-refractivity contribution < 1.29 is 8.42 Å². The molecule has 1 rings (SSSR count). The molecule has 3 nitrogen and oxygen atoms in total. The predicted molar refractivity (Wildman–Crippen MR) is 40.2 cm³/mol. The fraction of sp³-hybridized carbons (Fsp3) is 1.00. The minimum absolute atomic E-state index is 0.319. The summed E-state index contributed by atoms with van der Waals surface area (Å²) in [5, 5.41) is 0. The van der Waals surface area contributed by atoms with Crippen LogP contribution in [0.4, 0.5) is 0 Å². The van der Waals surface area contributed by atoms with Crippen LogP contribution in [0.15, 0.2) is 0 Å². The smallest absolute Gasteiger partial charge is 0.211 e. The van der Waals surface area contributed by atoms with E-state index in [0.717, 1.165) is 12.8 Å². The SMILES string of the molecule is CCN(C1CC1)S(C)(=O)=O. The molecule has 0 aromatic rings. The molecule has 1 aliphatic carbocycles. The van der Waals surface area contributed by atoms with Crippen molar-refractivity contribution in [2.75, 3.05) is 12.8 Å². The lowest BCUT2D eigenvalue weighted by atomic mass is 10.6. The molecule has 0 saturated heterocycles. The van der Waals surface area contributed by atoms with Crippen molar-refractivity contribution >= 4 is 10.0 Å². The van der Waals surface area contributed by atoms with Crippen molar-refractivity contribution in [2.45, 2.75) is 25.8 Å². The first-order chi connectivity index (χ1) is 4.55. The molecule has 1 aliphatic rings. The fourth-order valence-electron chi connectivity index (χ4n) is 1.13. The van der Waals surface area contributed by atoms with Crippen LogP contribution in [0.25, 0.3) is 0 Å². The first-order valence-electron chi connectivity index (χ1n) is 3.52. The van der Waals surface area contributed by atoms with Gasteiger partial charge in [0.1, 0.15) is 0 Å². The maximum Gasteiger partial charge on any atom is 0.211 e. The van der Waals surface area contributed by atoms with Crippen molar-refractivity contribution in [1.29, 1.82) is 0 Å². The van der Waals surface area contributed by atoms with Gasteiger partial charge in [0.15, 0.2) is 0 Å². The molecule has 10 heavy (non-hydrogen) atoms. The van der Waals surface area contributed by atoms with E-state index in [1.54, 1.807) is 4.31 Å². The minimum Gasteiger partial charge on any atom is -0.212 e. The lowest BCUT2D eigenvalue weighted by molar-refractivity contribution is 0.425. The lowest BCUT2D eigenvalue weighted by Crippen LogP contribution is -2.31. The molecule has 0 atom stereocenters. The Morgan fingerprint density at radius 1 is 1.50 bits per heavy atom. The first-order valence-corrected chi connectivity index (χ1v) is 5.37. The third-order valence-corrected chi connectivity index (χ3v) is 3.10. The van der Waals surface area contributed by atoms with Gasteiger partial charge in [0.25, 0.3) is 0 Å². The average molecular weight is 163 g/mol. The fourth-order valence-corrected chi connectivity index (χ4v) is 2.35. The summed E-state index contributed by atoms with van der Waals surface area (Å²) in [6, 6.07) is 0.319. The van der Waals surface area contributed by atoms with Gasteiger partial charge in [-0.15, -0.1) is 0 Å². The summed E-state index contributed by atoms with van der Waals surface area (Å²) in [6.07, 6.45) is 3.36. The lowest BCUT2D eigenvalue weighted by Gasteiger charge is -2.15. The van der Waals surface area contributed by atoms with Crippen molar-refractivity contribution in [3.63, 3.8) is 0 Å². The van der Waals surface area contributed by atoms with Crippen LogP contribution in [0.1, 0.15) is 19.8 Å². The Morgan fingerprint density at radius 3 is 2.10 bits per heavy atom. The van der Waals surface area contributed by atoms with Gasteiger partial charge in [-0.1, -0.05) is 6.92 Å². The van der Waals surface area contributed by atoms with E-state index in [1.807, 2.05) is 6.92 Å². The zero-order chi connectivity index (χ0) is 7.78. The van der Waals surface area contributed by atoms with Gasteiger partial charge >= 0.3 is 0 Å². The summed E-state index contributed by atoms with van der Waals surface area (Å²) in [7, 11) is -2.92. The van der Waals surface area contributed by atoms with E-state index in [-0.39, 0.29) is 0 Å². The van der Waals surface area contributed by atoms with Crippen LogP contribution in [0.3, 0.4) is 0 Å². The maximum absolute atomic E-state index is 11.0. The van der Waals surface area contributed by atoms with Gasteiger partial charge in [-0.25, -0.2) is 8.42 Å². The first kappa shape index (κ1) is 8.01. The summed E-state index contributed by atoms with van der Waals surface area (Å²) in [5.41, 5.74) is 0. The Morgan fingerprint density at radius 2 is 2.00 bits per heavy atom. The largest absolute Gasteiger partial charge is 0.212 e. The van der Waals surface area contributed by atoms with Gasteiger partial charge in [0, 0.05) is 12.6 Å². The van der Waals surface area contributed by atoms with Crippen LogP contribution < -0.4 is 0 Å². The molecule has 0 aromatic carbocycles. The Balaban J connectivity index is 2.64. The van der Waals surface area contributed by atoms with Crippen molar-refractivity contribution in [3.05, 3.63) is 0 Å². The number of rotatable bonds is 3. The second-order valence-electron chi connectivity index (χ2n) is 2.70. The molecule has 0 aliphatic heterocycles. The molecule has 0 unspecified atom stereocenters. The summed E-state index contributed by atoms with van der Waals surface area (Å²) in [5.74, 6) is 0. The third kappa shape index (κ3) is 1.70. The van der Waals surface area contributed by atoms with Gasteiger partial charge in [-0.3, -0.25) is 0 Å². The Kier molecular flexibility index (Phi) is 2.01. The predicted octanol–water partition coefficient (Wildman–Crippen LogP) is 0.430. The van der Waals surface area contributed by atoms with E-state index in [1.165, 1.54) is 6.26 Å². The van der Waals surface area contributed by atoms with E-state index in [2.05, 4.69) is 0 Å². The number of nitrogens with zero attached hydrogens (tertiary/aromatic N) is 1. The van der Waals surface area contributed by atoms with Crippen LogP contribution in [-0.2, 0) is 10.0 Å². The summed E-state index contributed by atoms with van der Waals surface area (Å²) >= 11 is 0.